The van der Waals surface area contributed by atoms with Crippen LogP contribution in [0.2, 0.25) is 0 Å². The van der Waals surface area contributed by atoms with Crippen molar-refractivity contribution in [1.82, 2.24) is 14.9 Å². The molecule has 1 fully saturated rings. The van der Waals surface area contributed by atoms with Crippen molar-refractivity contribution >= 4 is 37.6 Å². The first-order chi connectivity index (χ1) is 15.7. The number of halogens is 1. The minimum absolute atomic E-state index is 0.0748. The van der Waals surface area contributed by atoms with Crippen LogP contribution in [-0.2, 0) is 15.6 Å². The summed E-state index contributed by atoms with van der Waals surface area (Å²) in [5, 5.41) is 15.5. The fourth-order valence-corrected chi connectivity index (χ4v) is 5.89. The second-order valence-corrected chi connectivity index (χ2v) is 10.4. The maximum Gasteiger partial charge on any atom is 0.420 e. The summed E-state index contributed by atoms with van der Waals surface area (Å²) in [7, 11) is -4.29. The van der Waals surface area contributed by atoms with Gasteiger partial charge in [-0.15, -0.1) is 11.3 Å². The summed E-state index contributed by atoms with van der Waals surface area (Å²) in [6.07, 6.45) is 1.41. The van der Waals surface area contributed by atoms with Gasteiger partial charge in [-0.2, -0.15) is 0 Å². The number of fused-ring (bicyclic) bond motifs is 1. The summed E-state index contributed by atoms with van der Waals surface area (Å²) in [5.74, 6) is -1.81. The number of anilines is 1. The average molecular weight is 491 g/mol. The van der Waals surface area contributed by atoms with E-state index < -0.39 is 38.1 Å². The predicted molar refractivity (Wildman–Crippen MR) is 120 cm³/mol. The second kappa shape index (κ2) is 7.76. The lowest BCUT2D eigenvalue weighted by molar-refractivity contribution is -0.0157. The van der Waals surface area contributed by atoms with Gasteiger partial charge in [0, 0.05) is 36.8 Å². The van der Waals surface area contributed by atoms with Crippen LogP contribution >= 0.6 is 11.3 Å². The molecule has 33 heavy (non-hydrogen) atoms. The molecule has 0 bridgehead atoms. The molecular formula is C21H19FN4O5S2. The minimum atomic E-state index is -4.29. The predicted octanol–water partition coefficient (Wildman–Crippen LogP) is 2.39. The van der Waals surface area contributed by atoms with Gasteiger partial charge in [-0.1, -0.05) is 24.3 Å². The van der Waals surface area contributed by atoms with Gasteiger partial charge in [0.2, 0.25) is 0 Å². The summed E-state index contributed by atoms with van der Waals surface area (Å²) in [6.45, 7) is 2.48. The zero-order valence-electron chi connectivity index (χ0n) is 17.3. The number of benzene rings is 2. The molecule has 0 radical (unpaired) electrons. The molecule has 1 unspecified atom stereocenters. The molecule has 2 aromatic heterocycles. The number of β-amino-alcohol motifs (C(OH)–C–C–N with tert-alkyl or cyclic N) is 1. The Bertz CT molecular complexity index is 1510. The molecule has 3 heterocycles. The summed E-state index contributed by atoms with van der Waals surface area (Å²) in [6, 6.07) is 8.49. The van der Waals surface area contributed by atoms with Crippen molar-refractivity contribution in [2.24, 2.45) is 0 Å². The normalized spacial score (nSPS) is 16.5. The fraction of sp³-hybridized carbons (Fsp3) is 0.238. The molecule has 1 aliphatic rings. The van der Waals surface area contributed by atoms with Crippen LogP contribution in [0.5, 0.6) is 0 Å². The van der Waals surface area contributed by atoms with Gasteiger partial charge in [0.25, 0.3) is 10.0 Å². The van der Waals surface area contributed by atoms with Crippen molar-refractivity contribution in [3.8, 4) is 0 Å². The molecule has 172 valence electrons. The lowest BCUT2D eigenvalue weighted by Crippen LogP contribution is -2.57. The van der Waals surface area contributed by atoms with Crippen LogP contribution in [0.15, 0.2) is 62.1 Å². The molecule has 0 amide bonds. The number of nitrogens with zero attached hydrogens (tertiary/aromatic N) is 2. The molecule has 5 rings (SSSR count). The first-order valence-corrected chi connectivity index (χ1v) is 12.4. The number of oxazole rings is 1. The smallest absolute Gasteiger partial charge is 0.408 e. The van der Waals surface area contributed by atoms with Gasteiger partial charge in [-0.25, -0.2) is 22.6 Å². The highest BCUT2D eigenvalue weighted by atomic mass is 32.2. The molecule has 4 aromatic rings. The Kier molecular flexibility index (Phi) is 5.12. The number of aromatic nitrogens is 2. The van der Waals surface area contributed by atoms with Crippen LogP contribution in [-0.4, -0.2) is 36.2 Å². The van der Waals surface area contributed by atoms with Crippen molar-refractivity contribution in [2.75, 3.05) is 17.8 Å². The van der Waals surface area contributed by atoms with E-state index >= 15 is 0 Å². The second-order valence-electron chi connectivity index (χ2n) is 7.83. The number of nitrogens with one attached hydrogen (secondary N) is 2. The van der Waals surface area contributed by atoms with Crippen LogP contribution in [0.3, 0.4) is 0 Å². The van der Waals surface area contributed by atoms with Crippen molar-refractivity contribution in [3.05, 3.63) is 75.5 Å². The highest BCUT2D eigenvalue weighted by Gasteiger charge is 2.39. The number of rotatable bonds is 6. The van der Waals surface area contributed by atoms with Gasteiger partial charge in [-0.05, 0) is 18.1 Å². The first kappa shape index (κ1) is 21.8. The molecule has 0 saturated carbocycles. The van der Waals surface area contributed by atoms with Crippen molar-refractivity contribution in [1.29, 1.82) is 0 Å². The molecule has 1 aliphatic heterocycles. The summed E-state index contributed by atoms with van der Waals surface area (Å²) in [5.41, 5.74) is 0.293. The topological polar surface area (TPSA) is 126 Å². The van der Waals surface area contributed by atoms with Gasteiger partial charge in [-0.3, -0.25) is 9.29 Å². The molecule has 1 atom stereocenters. The Labute approximate surface area is 191 Å². The molecular weight excluding hydrogens is 471 g/mol. The Morgan fingerprint density at radius 2 is 2.09 bits per heavy atom. The number of hydrogen-bond acceptors (Lipinski definition) is 8. The SMILES string of the molecule is CC(c1ccccc1C1(O)CNC1)n1c(=O)oc2cc(S(=O)(=O)Nc3nccs3)c(F)cc21. The third-order valence-electron chi connectivity index (χ3n) is 5.74. The maximum atomic E-state index is 15.0. The lowest BCUT2D eigenvalue weighted by atomic mass is 9.83. The van der Waals surface area contributed by atoms with Crippen LogP contribution in [0.25, 0.3) is 11.1 Å². The maximum absolute atomic E-state index is 15.0. The zero-order chi connectivity index (χ0) is 23.4. The Morgan fingerprint density at radius 1 is 1.33 bits per heavy atom. The third-order valence-corrected chi connectivity index (χ3v) is 7.92. The highest BCUT2D eigenvalue weighted by Crippen LogP contribution is 2.34. The van der Waals surface area contributed by atoms with E-state index in [1.165, 1.54) is 10.8 Å². The quantitative estimate of drug-likeness (QED) is 0.379. The van der Waals surface area contributed by atoms with Gasteiger partial charge >= 0.3 is 5.76 Å². The van der Waals surface area contributed by atoms with Crippen molar-refractivity contribution < 1.29 is 22.3 Å². The van der Waals surface area contributed by atoms with Crippen molar-refractivity contribution in [3.63, 3.8) is 0 Å². The molecule has 0 aliphatic carbocycles. The van der Waals surface area contributed by atoms with Gasteiger partial charge < -0.3 is 14.8 Å². The highest BCUT2D eigenvalue weighted by molar-refractivity contribution is 7.93. The Morgan fingerprint density at radius 3 is 2.76 bits per heavy atom. The summed E-state index contributed by atoms with van der Waals surface area (Å²) >= 11 is 1.05. The van der Waals surface area contributed by atoms with E-state index in [-0.39, 0.29) is 16.2 Å². The number of sulfonamides is 1. The standard InChI is InChI=1S/C21H19FN4O5S2/c1-12(13-4-2-3-5-14(13)21(28)10-23-11-21)26-16-8-15(22)18(9-17(16)31-20(26)27)33(29,30)25-19-24-6-7-32-19/h2-9,12,23,28H,10-11H2,1H3,(H,24,25). The largest absolute Gasteiger partial charge is 0.420 e. The van der Waals surface area contributed by atoms with E-state index in [0.717, 1.165) is 23.5 Å². The Hall–Kier alpha value is -3.06. The molecule has 3 N–H and O–H groups in total. The molecule has 1 saturated heterocycles. The monoisotopic (exact) mass is 490 g/mol. The fourth-order valence-electron chi connectivity index (χ4n) is 4.03. The van der Waals surface area contributed by atoms with Crippen molar-refractivity contribution in [2.45, 2.75) is 23.5 Å². The third kappa shape index (κ3) is 3.64. The zero-order valence-corrected chi connectivity index (χ0v) is 18.9. The molecule has 9 nitrogen and oxygen atoms in total. The van der Waals surface area contributed by atoms with Gasteiger partial charge in [0.15, 0.2) is 10.7 Å². The molecule has 0 spiro atoms. The molecule has 12 heteroatoms. The van der Waals surface area contributed by atoms with Crippen LogP contribution < -0.4 is 15.8 Å². The van der Waals surface area contributed by atoms with Crippen LogP contribution in [0, 0.1) is 5.82 Å². The van der Waals surface area contributed by atoms with E-state index in [1.807, 2.05) is 0 Å². The van der Waals surface area contributed by atoms with E-state index in [2.05, 4.69) is 15.0 Å². The van der Waals surface area contributed by atoms with Gasteiger partial charge in [0.05, 0.1) is 11.6 Å². The van der Waals surface area contributed by atoms with E-state index in [9.17, 15) is 22.7 Å². The summed E-state index contributed by atoms with van der Waals surface area (Å²) in [4.78, 5) is 15.9. The summed E-state index contributed by atoms with van der Waals surface area (Å²) < 4.78 is 49.1. The van der Waals surface area contributed by atoms with E-state index in [1.54, 1.807) is 36.6 Å². The van der Waals surface area contributed by atoms with Crippen LogP contribution in [0.1, 0.15) is 24.1 Å². The number of hydrogen-bond donors (Lipinski definition) is 3. The average Bonchev–Trinajstić information content (AvgIpc) is 3.37. The Balaban J connectivity index is 1.60. The number of thiazole rings is 1. The number of aliphatic hydroxyl groups is 1. The first-order valence-electron chi connectivity index (χ1n) is 9.99. The molecule has 2 aromatic carbocycles. The minimum Gasteiger partial charge on any atom is -0.408 e. The lowest BCUT2D eigenvalue weighted by Gasteiger charge is -2.40. The van der Waals surface area contributed by atoms with E-state index in [4.69, 9.17) is 4.42 Å². The van der Waals surface area contributed by atoms with Crippen LogP contribution in [0.4, 0.5) is 9.52 Å². The van der Waals surface area contributed by atoms with Gasteiger partial charge in [0.1, 0.15) is 16.3 Å². The van der Waals surface area contributed by atoms with E-state index in [0.29, 0.717) is 24.2 Å².